The highest BCUT2D eigenvalue weighted by Crippen LogP contribution is 2.34. The molecule has 0 saturated heterocycles. The second-order valence-electron chi connectivity index (χ2n) is 4.02. The lowest BCUT2D eigenvalue weighted by molar-refractivity contribution is -0.138. The van der Waals surface area contributed by atoms with Crippen LogP contribution in [0.4, 0.5) is 18.9 Å². The Kier molecular flexibility index (Phi) is 5.05. The topological polar surface area (TPSA) is 49.3 Å². The molecule has 1 unspecified atom stereocenters. The van der Waals surface area contributed by atoms with Crippen LogP contribution in [-0.4, -0.2) is 17.1 Å². The van der Waals surface area contributed by atoms with Gasteiger partial charge in [-0.3, -0.25) is 0 Å². The minimum atomic E-state index is -4.47. The molecule has 0 spiro atoms. The number of carbonyl (C=O) groups is 1. The molecule has 1 atom stereocenters. The Morgan fingerprint density at radius 2 is 2.11 bits per heavy atom. The van der Waals surface area contributed by atoms with E-state index in [0.29, 0.717) is 12.8 Å². The van der Waals surface area contributed by atoms with Crippen molar-refractivity contribution in [2.45, 2.75) is 32.0 Å². The molecule has 0 aromatic heterocycles. The third kappa shape index (κ3) is 4.31. The lowest BCUT2D eigenvalue weighted by atomic mass is 10.1. The fourth-order valence-electron chi connectivity index (χ4n) is 1.54. The van der Waals surface area contributed by atoms with Crippen molar-refractivity contribution in [2.24, 2.45) is 0 Å². The van der Waals surface area contributed by atoms with E-state index in [9.17, 15) is 18.0 Å². The van der Waals surface area contributed by atoms with Crippen molar-refractivity contribution in [3.8, 4) is 0 Å². The van der Waals surface area contributed by atoms with Gasteiger partial charge in [0.1, 0.15) is 6.04 Å². The second-order valence-corrected chi connectivity index (χ2v) is 4.42. The van der Waals surface area contributed by atoms with Gasteiger partial charge in [-0.15, -0.1) is 0 Å². The molecule has 3 nitrogen and oxygen atoms in total. The summed E-state index contributed by atoms with van der Waals surface area (Å²) in [6.45, 7) is 1.81. The minimum Gasteiger partial charge on any atom is -0.480 e. The van der Waals surface area contributed by atoms with E-state index in [1.807, 2.05) is 6.92 Å². The third-order valence-corrected chi connectivity index (χ3v) is 2.81. The van der Waals surface area contributed by atoms with Crippen LogP contribution >= 0.6 is 11.6 Å². The summed E-state index contributed by atoms with van der Waals surface area (Å²) >= 11 is 5.73. The molecule has 19 heavy (non-hydrogen) atoms. The number of carboxylic acid groups (broad SMARTS) is 1. The van der Waals surface area contributed by atoms with Gasteiger partial charge in [-0.25, -0.2) is 4.79 Å². The molecule has 0 fully saturated rings. The van der Waals surface area contributed by atoms with Crippen molar-refractivity contribution in [3.05, 3.63) is 28.8 Å². The first kappa shape index (κ1) is 15.6. The number of hydrogen-bond acceptors (Lipinski definition) is 2. The Hall–Kier alpha value is -1.43. The fraction of sp³-hybridized carbons (Fsp3) is 0.417. The lowest BCUT2D eigenvalue weighted by Crippen LogP contribution is -2.29. The molecule has 0 saturated carbocycles. The molecule has 0 aliphatic heterocycles. The molecule has 0 radical (unpaired) electrons. The molecule has 0 aliphatic rings. The van der Waals surface area contributed by atoms with Gasteiger partial charge in [-0.05, 0) is 24.6 Å². The van der Waals surface area contributed by atoms with E-state index >= 15 is 0 Å². The van der Waals surface area contributed by atoms with Crippen LogP contribution in [0.15, 0.2) is 18.2 Å². The summed E-state index contributed by atoms with van der Waals surface area (Å²) in [6.07, 6.45) is -3.49. The maximum absolute atomic E-state index is 12.4. The van der Waals surface area contributed by atoms with Crippen molar-refractivity contribution >= 4 is 23.3 Å². The zero-order valence-electron chi connectivity index (χ0n) is 10.1. The first-order valence-electron chi connectivity index (χ1n) is 5.61. The van der Waals surface area contributed by atoms with Crippen molar-refractivity contribution in [1.29, 1.82) is 0 Å². The number of halogens is 4. The Balaban J connectivity index is 2.93. The van der Waals surface area contributed by atoms with Crippen LogP contribution in [0.2, 0.25) is 5.02 Å². The van der Waals surface area contributed by atoms with E-state index in [1.54, 1.807) is 0 Å². The molecule has 106 valence electrons. The van der Waals surface area contributed by atoms with E-state index in [2.05, 4.69) is 5.32 Å². The lowest BCUT2D eigenvalue weighted by Gasteiger charge is -2.17. The number of carboxylic acids is 1. The zero-order chi connectivity index (χ0) is 14.6. The molecule has 0 heterocycles. The highest BCUT2D eigenvalue weighted by atomic mass is 35.5. The summed E-state index contributed by atoms with van der Waals surface area (Å²) in [5.74, 6) is -1.07. The summed E-state index contributed by atoms with van der Waals surface area (Å²) in [4.78, 5) is 10.9. The molecule has 1 aromatic rings. The van der Waals surface area contributed by atoms with Gasteiger partial charge in [0.15, 0.2) is 0 Å². The normalized spacial score (nSPS) is 13.1. The van der Waals surface area contributed by atoms with Crippen molar-refractivity contribution < 1.29 is 23.1 Å². The highest BCUT2D eigenvalue weighted by molar-refractivity contribution is 6.33. The van der Waals surface area contributed by atoms with Crippen molar-refractivity contribution in [1.82, 2.24) is 0 Å². The molecule has 1 rings (SSSR count). The Labute approximate surface area is 113 Å². The molecule has 1 aromatic carbocycles. The van der Waals surface area contributed by atoms with Crippen LogP contribution in [0.1, 0.15) is 25.3 Å². The summed E-state index contributed by atoms with van der Waals surface area (Å²) < 4.78 is 37.3. The highest BCUT2D eigenvalue weighted by Gasteiger charge is 2.31. The SMILES string of the molecule is CCCC(Nc1ccc(C(F)(F)F)cc1Cl)C(=O)O. The fourth-order valence-corrected chi connectivity index (χ4v) is 1.78. The van der Waals surface area contributed by atoms with Crippen LogP contribution in [0.25, 0.3) is 0 Å². The van der Waals surface area contributed by atoms with Gasteiger partial charge in [0.05, 0.1) is 16.3 Å². The summed E-state index contributed by atoms with van der Waals surface area (Å²) in [6, 6.07) is 1.89. The van der Waals surface area contributed by atoms with E-state index in [0.717, 1.165) is 18.2 Å². The number of hydrogen-bond donors (Lipinski definition) is 2. The van der Waals surface area contributed by atoms with Crippen LogP contribution in [0.5, 0.6) is 0 Å². The number of benzene rings is 1. The minimum absolute atomic E-state index is 0.155. The van der Waals surface area contributed by atoms with Gasteiger partial charge in [0, 0.05) is 0 Å². The molecular weight excluding hydrogens is 283 g/mol. The third-order valence-electron chi connectivity index (χ3n) is 2.50. The van der Waals surface area contributed by atoms with E-state index in [4.69, 9.17) is 16.7 Å². The number of nitrogens with one attached hydrogen (secondary N) is 1. The van der Waals surface area contributed by atoms with Crippen LogP contribution < -0.4 is 5.32 Å². The number of anilines is 1. The van der Waals surface area contributed by atoms with Crippen LogP contribution in [-0.2, 0) is 11.0 Å². The van der Waals surface area contributed by atoms with Gasteiger partial charge in [-0.2, -0.15) is 13.2 Å². The Bertz CT molecular complexity index is 463. The predicted molar refractivity (Wildman–Crippen MR) is 66.4 cm³/mol. The number of alkyl halides is 3. The smallest absolute Gasteiger partial charge is 0.416 e. The largest absolute Gasteiger partial charge is 0.480 e. The maximum Gasteiger partial charge on any atom is 0.416 e. The standard InChI is InChI=1S/C12H13ClF3NO2/c1-2-3-10(11(18)19)17-9-5-4-7(6-8(9)13)12(14,15)16/h4-6,10,17H,2-3H2,1H3,(H,18,19). The van der Waals surface area contributed by atoms with Gasteiger partial charge in [-0.1, -0.05) is 24.9 Å². The molecule has 0 aliphatic carbocycles. The monoisotopic (exact) mass is 295 g/mol. The maximum atomic E-state index is 12.4. The average Bonchev–Trinajstić information content (AvgIpc) is 2.29. The number of aliphatic carboxylic acids is 1. The molecule has 0 amide bonds. The Morgan fingerprint density at radius 3 is 2.53 bits per heavy atom. The second kappa shape index (κ2) is 6.14. The summed E-state index contributed by atoms with van der Waals surface area (Å²) in [5.41, 5.74) is -0.694. The van der Waals surface area contributed by atoms with E-state index in [-0.39, 0.29) is 10.7 Å². The van der Waals surface area contributed by atoms with Crippen molar-refractivity contribution in [3.63, 3.8) is 0 Å². The van der Waals surface area contributed by atoms with Gasteiger partial charge < -0.3 is 10.4 Å². The van der Waals surface area contributed by atoms with Gasteiger partial charge >= 0.3 is 12.1 Å². The first-order valence-corrected chi connectivity index (χ1v) is 5.99. The Morgan fingerprint density at radius 1 is 1.47 bits per heavy atom. The van der Waals surface area contributed by atoms with Gasteiger partial charge in [0.25, 0.3) is 0 Å². The van der Waals surface area contributed by atoms with E-state index in [1.165, 1.54) is 0 Å². The predicted octanol–water partition coefficient (Wildman–Crippen LogP) is 4.02. The zero-order valence-corrected chi connectivity index (χ0v) is 10.8. The molecule has 0 bridgehead atoms. The molecule has 7 heteroatoms. The van der Waals surface area contributed by atoms with Crippen molar-refractivity contribution in [2.75, 3.05) is 5.32 Å². The molecular formula is C12H13ClF3NO2. The van der Waals surface area contributed by atoms with Crippen LogP contribution in [0, 0.1) is 0 Å². The number of rotatable bonds is 5. The average molecular weight is 296 g/mol. The van der Waals surface area contributed by atoms with Crippen LogP contribution in [0.3, 0.4) is 0 Å². The first-order chi connectivity index (χ1) is 8.75. The summed E-state index contributed by atoms with van der Waals surface area (Å²) in [5, 5.41) is 11.4. The summed E-state index contributed by atoms with van der Waals surface area (Å²) in [7, 11) is 0. The van der Waals surface area contributed by atoms with Gasteiger partial charge in [0.2, 0.25) is 0 Å². The van der Waals surface area contributed by atoms with E-state index < -0.39 is 23.8 Å². The quantitative estimate of drug-likeness (QED) is 0.862. The molecule has 2 N–H and O–H groups in total.